The number of aromatic nitrogens is 2. The lowest BCUT2D eigenvalue weighted by atomic mass is 9.86. The molecule has 0 spiro atoms. The van der Waals surface area contributed by atoms with Gasteiger partial charge in [-0.2, -0.15) is 0 Å². The Morgan fingerprint density at radius 3 is 2.40 bits per heavy atom. The first kappa shape index (κ1) is 17.4. The van der Waals surface area contributed by atoms with Crippen molar-refractivity contribution in [2.75, 3.05) is 6.26 Å². The van der Waals surface area contributed by atoms with Gasteiger partial charge < -0.3 is 4.98 Å². The van der Waals surface area contributed by atoms with Gasteiger partial charge in [0.25, 0.3) is 0 Å². The molecule has 0 radical (unpaired) electrons. The smallest absolute Gasteiger partial charge is 0.175 e. The van der Waals surface area contributed by atoms with Gasteiger partial charge in [0.2, 0.25) is 0 Å². The Bertz CT molecular complexity index is 959. The summed E-state index contributed by atoms with van der Waals surface area (Å²) in [4.78, 5) is 7.75. The number of hydrogen-bond donors (Lipinski definition) is 1. The van der Waals surface area contributed by atoms with E-state index in [1.54, 1.807) is 18.5 Å². The molecule has 0 fully saturated rings. The molecule has 1 heterocycles. The first-order valence-corrected chi connectivity index (χ1v) is 10.1. The maximum Gasteiger partial charge on any atom is 0.175 e. The van der Waals surface area contributed by atoms with Gasteiger partial charge in [0, 0.05) is 24.1 Å². The number of benzene rings is 2. The van der Waals surface area contributed by atoms with Gasteiger partial charge in [-0.15, -0.1) is 0 Å². The standard InChI is InChI=1S/C20H22N2O2S/c1-14-5-4-6-18(15(14)2)19(20-12-21-13-22-20)11-16-7-9-17(10-8-16)25(3,23)24/h4-10,12-13,19H,11H2,1-3H3,(H,21,22). The molecular formula is C20H22N2O2S. The zero-order valence-corrected chi connectivity index (χ0v) is 15.5. The van der Waals surface area contributed by atoms with Gasteiger partial charge >= 0.3 is 0 Å². The van der Waals surface area contributed by atoms with E-state index in [1.165, 1.54) is 22.9 Å². The zero-order chi connectivity index (χ0) is 18.0. The Hall–Kier alpha value is -2.40. The van der Waals surface area contributed by atoms with Crippen LogP contribution < -0.4 is 0 Å². The van der Waals surface area contributed by atoms with Crippen molar-refractivity contribution in [1.29, 1.82) is 0 Å². The monoisotopic (exact) mass is 354 g/mol. The van der Waals surface area contributed by atoms with Crippen LogP contribution in [0, 0.1) is 13.8 Å². The van der Waals surface area contributed by atoms with Gasteiger partial charge in [-0.3, -0.25) is 0 Å². The minimum absolute atomic E-state index is 0.145. The fourth-order valence-corrected chi connectivity index (χ4v) is 3.73. The maximum absolute atomic E-state index is 11.6. The predicted molar refractivity (Wildman–Crippen MR) is 99.6 cm³/mol. The largest absolute Gasteiger partial charge is 0.348 e. The molecule has 0 saturated carbocycles. The third-order valence-electron chi connectivity index (χ3n) is 4.71. The summed E-state index contributed by atoms with van der Waals surface area (Å²) in [6.07, 6.45) is 5.56. The Balaban J connectivity index is 1.98. The molecule has 0 amide bonds. The minimum atomic E-state index is -3.17. The zero-order valence-electron chi connectivity index (χ0n) is 14.7. The van der Waals surface area contributed by atoms with Crippen LogP contribution >= 0.6 is 0 Å². The lowest BCUT2D eigenvalue weighted by Gasteiger charge is -2.20. The molecule has 0 aliphatic heterocycles. The summed E-state index contributed by atoms with van der Waals surface area (Å²) < 4.78 is 23.3. The van der Waals surface area contributed by atoms with Gasteiger partial charge in [-0.25, -0.2) is 13.4 Å². The molecule has 0 aliphatic rings. The Morgan fingerprint density at radius 2 is 1.80 bits per heavy atom. The summed E-state index contributed by atoms with van der Waals surface area (Å²) in [6, 6.07) is 13.5. The molecule has 1 unspecified atom stereocenters. The fraction of sp³-hybridized carbons (Fsp3) is 0.250. The van der Waals surface area contributed by atoms with Gasteiger partial charge in [0.05, 0.1) is 11.2 Å². The molecule has 1 aromatic heterocycles. The number of H-pyrrole nitrogens is 1. The van der Waals surface area contributed by atoms with Crippen molar-refractivity contribution in [3.63, 3.8) is 0 Å². The molecule has 2 aromatic carbocycles. The van der Waals surface area contributed by atoms with Crippen LogP contribution in [-0.4, -0.2) is 24.6 Å². The lowest BCUT2D eigenvalue weighted by Crippen LogP contribution is -2.08. The van der Waals surface area contributed by atoms with Crippen LogP contribution in [0.3, 0.4) is 0 Å². The first-order valence-electron chi connectivity index (χ1n) is 8.19. The summed E-state index contributed by atoms with van der Waals surface area (Å²) in [5.74, 6) is 0.145. The van der Waals surface area contributed by atoms with Crippen LogP contribution in [0.4, 0.5) is 0 Å². The molecule has 3 rings (SSSR count). The minimum Gasteiger partial charge on any atom is -0.348 e. The molecule has 130 valence electrons. The van der Waals surface area contributed by atoms with Crippen molar-refractivity contribution in [1.82, 2.24) is 9.97 Å². The summed E-state index contributed by atoms with van der Waals surface area (Å²) in [6.45, 7) is 4.25. The van der Waals surface area contributed by atoms with E-state index < -0.39 is 9.84 Å². The second kappa shape index (κ2) is 6.84. The van der Waals surface area contributed by atoms with E-state index in [0.29, 0.717) is 4.90 Å². The molecule has 25 heavy (non-hydrogen) atoms. The molecule has 0 bridgehead atoms. The highest BCUT2D eigenvalue weighted by Gasteiger charge is 2.19. The number of aromatic amines is 1. The van der Waals surface area contributed by atoms with E-state index in [1.807, 2.05) is 18.3 Å². The van der Waals surface area contributed by atoms with E-state index in [0.717, 1.165) is 17.7 Å². The van der Waals surface area contributed by atoms with Crippen LogP contribution in [-0.2, 0) is 16.3 Å². The Labute approximate surface area is 148 Å². The van der Waals surface area contributed by atoms with E-state index in [9.17, 15) is 8.42 Å². The van der Waals surface area contributed by atoms with Crippen molar-refractivity contribution in [2.24, 2.45) is 0 Å². The average Bonchev–Trinajstić information content (AvgIpc) is 3.09. The van der Waals surface area contributed by atoms with E-state index in [-0.39, 0.29) is 5.92 Å². The third kappa shape index (κ3) is 3.82. The van der Waals surface area contributed by atoms with Gasteiger partial charge in [0.15, 0.2) is 9.84 Å². The summed E-state index contributed by atoms with van der Waals surface area (Å²) >= 11 is 0. The van der Waals surface area contributed by atoms with Crippen LogP contribution in [0.15, 0.2) is 59.9 Å². The summed E-state index contributed by atoms with van der Waals surface area (Å²) in [5, 5.41) is 0. The van der Waals surface area contributed by atoms with Crippen molar-refractivity contribution in [2.45, 2.75) is 31.1 Å². The number of nitrogens with one attached hydrogen (secondary N) is 1. The number of nitrogens with zero attached hydrogens (tertiary/aromatic N) is 1. The Morgan fingerprint density at radius 1 is 1.08 bits per heavy atom. The Kier molecular flexibility index (Phi) is 4.77. The van der Waals surface area contributed by atoms with E-state index >= 15 is 0 Å². The topological polar surface area (TPSA) is 62.8 Å². The van der Waals surface area contributed by atoms with Crippen molar-refractivity contribution in [3.8, 4) is 0 Å². The van der Waals surface area contributed by atoms with Crippen LogP contribution in [0.5, 0.6) is 0 Å². The predicted octanol–water partition coefficient (Wildman–Crippen LogP) is 3.80. The molecule has 3 aromatic rings. The van der Waals surface area contributed by atoms with E-state index in [4.69, 9.17) is 0 Å². The molecule has 4 nitrogen and oxygen atoms in total. The van der Waals surface area contributed by atoms with Crippen LogP contribution in [0.25, 0.3) is 0 Å². The number of rotatable bonds is 5. The van der Waals surface area contributed by atoms with Crippen molar-refractivity contribution < 1.29 is 8.42 Å². The number of aryl methyl sites for hydroxylation is 1. The average molecular weight is 354 g/mol. The number of sulfone groups is 1. The van der Waals surface area contributed by atoms with Gasteiger partial charge in [-0.05, 0) is 54.7 Å². The SMILES string of the molecule is Cc1cccc(C(Cc2ccc(S(C)(=O)=O)cc2)c2cnc[nH]2)c1C. The summed E-state index contributed by atoms with van der Waals surface area (Å²) in [5.41, 5.74) is 5.94. The molecule has 5 heteroatoms. The maximum atomic E-state index is 11.6. The highest BCUT2D eigenvalue weighted by molar-refractivity contribution is 7.90. The van der Waals surface area contributed by atoms with E-state index in [2.05, 4.69) is 42.0 Å². The number of hydrogen-bond acceptors (Lipinski definition) is 3. The highest BCUT2D eigenvalue weighted by atomic mass is 32.2. The second-order valence-corrected chi connectivity index (χ2v) is 8.48. The molecular weight excluding hydrogens is 332 g/mol. The molecule has 1 N–H and O–H groups in total. The fourth-order valence-electron chi connectivity index (χ4n) is 3.10. The second-order valence-electron chi connectivity index (χ2n) is 6.47. The molecule has 1 atom stereocenters. The van der Waals surface area contributed by atoms with Crippen LogP contribution in [0.2, 0.25) is 0 Å². The number of imidazole rings is 1. The molecule has 0 saturated heterocycles. The third-order valence-corrected chi connectivity index (χ3v) is 5.84. The van der Waals surface area contributed by atoms with Crippen LogP contribution in [0.1, 0.15) is 33.9 Å². The van der Waals surface area contributed by atoms with Gasteiger partial charge in [0.1, 0.15) is 0 Å². The van der Waals surface area contributed by atoms with Gasteiger partial charge in [-0.1, -0.05) is 30.3 Å². The van der Waals surface area contributed by atoms with Crippen molar-refractivity contribution in [3.05, 3.63) is 82.9 Å². The molecule has 0 aliphatic carbocycles. The lowest BCUT2D eigenvalue weighted by molar-refractivity contribution is 0.602. The normalized spacial score (nSPS) is 12.9. The summed E-state index contributed by atoms with van der Waals surface area (Å²) in [7, 11) is -3.17. The van der Waals surface area contributed by atoms with Crippen molar-refractivity contribution >= 4 is 9.84 Å². The quantitative estimate of drug-likeness (QED) is 0.758. The highest BCUT2D eigenvalue weighted by Crippen LogP contribution is 2.31. The first-order chi connectivity index (χ1) is 11.9.